The molecule has 0 aromatic heterocycles. The first-order valence-electron chi connectivity index (χ1n) is 8.53. The quantitative estimate of drug-likeness (QED) is 0.506. The summed E-state index contributed by atoms with van der Waals surface area (Å²) in [6.07, 6.45) is 2.23. The van der Waals surface area contributed by atoms with Gasteiger partial charge in [0.15, 0.2) is 11.5 Å². The first-order valence-corrected chi connectivity index (χ1v) is 9.32. The van der Waals surface area contributed by atoms with Crippen LogP contribution < -0.4 is 14.8 Å². The minimum Gasteiger partial charge on any atom is -0.492 e. The molecule has 5 nitrogen and oxygen atoms in total. The first-order chi connectivity index (χ1) is 13.1. The van der Waals surface area contributed by atoms with Crippen LogP contribution in [-0.2, 0) is 11.2 Å². The van der Waals surface area contributed by atoms with Crippen LogP contribution in [0.1, 0.15) is 18.1 Å². The van der Waals surface area contributed by atoms with Crippen LogP contribution in [0.15, 0.2) is 52.5 Å². The Hall–Kier alpha value is -2.78. The number of halogens is 1. The molecule has 0 spiro atoms. The zero-order chi connectivity index (χ0) is 19.6. The fourth-order valence-electron chi connectivity index (χ4n) is 2.51. The number of rotatable bonds is 8. The zero-order valence-electron chi connectivity index (χ0n) is 15.3. The van der Waals surface area contributed by atoms with Crippen LogP contribution in [0.25, 0.3) is 6.08 Å². The van der Waals surface area contributed by atoms with Gasteiger partial charge in [0, 0.05) is 6.54 Å². The molecule has 27 heavy (non-hydrogen) atoms. The van der Waals surface area contributed by atoms with E-state index in [1.807, 2.05) is 43.3 Å². The molecule has 6 heteroatoms. The Morgan fingerprint density at radius 2 is 2.04 bits per heavy atom. The lowest BCUT2D eigenvalue weighted by molar-refractivity contribution is -0.117. The van der Waals surface area contributed by atoms with Crippen LogP contribution in [0.4, 0.5) is 0 Å². The monoisotopic (exact) mass is 428 g/mol. The van der Waals surface area contributed by atoms with Gasteiger partial charge in [0.25, 0.3) is 5.91 Å². The number of hydrogen-bond acceptors (Lipinski definition) is 4. The molecule has 0 aliphatic rings. The van der Waals surface area contributed by atoms with Gasteiger partial charge in [-0.25, -0.2) is 0 Å². The second kappa shape index (κ2) is 10.4. The summed E-state index contributed by atoms with van der Waals surface area (Å²) in [7, 11) is 1.55. The zero-order valence-corrected chi connectivity index (χ0v) is 16.9. The Balaban J connectivity index is 2.12. The molecule has 140 valence electrons. The molecule has 0 fully saturated rings. The van der Waals surface area contributed by atoms with Gasteiger partial charge in [0.1, 0.15) is 11.6 Å². The lowest BCUT2D eigenvalue weighted by atomic mass is 10.1. The second-order valence-corrected chi connectivity index (χ2v) is 6.48. The molecule has 0 heterocycles. The third-order valence-electron chi connectivity index (χ3n) is 3.75. The van der Waals surface area contributed by atoms with Crippen molar-refractivity contribution in [1.29, 1.82) is 5.26 Å². The van der Waals surface area contributed by atoms with Gasteiger partial charge in [-0.15, -0.1) is 0 Å². The van der Waals surface area contributed by atoms with Gasteiger partial charge in [-0.2, -0.15) is 5.26 Å². The van der Waals surface area contributed by atoms with Crippen molar-refractivity contribution in [3.8, 4) is 17.6 Å². The Kier molecular flexibility index (Phi) is 7.90. The average Bonchev–Trinajstić information content (AvgIpc) is 2.67. The summed E-state index contributed by atoms with van der Waals surface area (Å²) < 4.78 is 11.6. The average molecular weight is 429 g/mol. The summed E-state index contributed by atoms with van der Waals surface area (Å²) in [5, 5.41) is 12.2. The number of methoxy groups -OCH3 is 1. The predicted octanol–water partition coefficient (Wildman–Crippen LogP) is 4.12. The molecule has 0 aliphatic carbocycles. The number of ether oxygens (including phenoxy) is 2. The number of carbonyl (C=O) groups is 1. The molecule has 1 N–H and O–H groups in total. The van der Waals surface area contributed by atoms with E-state index in [0.29, 0.717) is 41.1 Å². The summed E-state index contributed by atoms with van der Waals surface area (Å²) >= 11 is 3.43. The highest BCUT2D eigenvalue weighted by atomic mass is 79.9. The summed E-state index contributed by atoms with van der Waals surface area (Å²) in [6, 6.07) is 15.3. The normalized spacial score (nSPS) is 10.8. The van der Waals surface area contributed by atoms with Crippen molar-refractivity contribution in [3.05, 3.63) is 63.6 Å². The minimum absolute atomic E-state index is 0.0302. The maximum absolute atomic E-state index is 12.3. The van der Waals surface area contributed by atoms with E-state index >= 15 is 0 Å². The molecule has 0 atom stereocenters. The van der Waals surface area contributed by atoms with E-state index in [9.17, 15) is 10.1 Å². The van der Waals surface area contributed by atoms with Gasteiger partial charge in [-0.3, -0.25) is 4.79 Å². The highest BCUT2D eigenvalue weighted by molar-refractivity contribution is 9.10. The summed E-state index contributed by atoms with van der Waals surface area (Å²) in [4.78, 5) is 12.3. The highest BCUT2D eigenvalue weighted by Crippen LogP contribution is 2.37. The van der Waals surface area contributed by atoms with Gasteiger partial charge < -0.3 is 14.8 Å². The Morgan fingerprint density at radius 1 is 1.30 bits per heavy atom. The van der Waals surface area contributed by atoms with E-state index in [2.05, 4.69) is 21.2 Å². The second-order valence-electron chi connectivity index (χ2n) is 5.63. The number of carbonyl (C=O) groups excluding carboxylic acids is 1. The van der Waals surface area contributed by atoms with Gasteiger partial charge in [-0.05, 0) is 58.6 Å². The number of benzene rings is 2. The maximum Gasteiger partial charge on any atom is 0.261 e. The predicted molar refractivity (Wildman–Crippen MR) is 109 cm³/mol. The molecule has 0 saturated carbocycles. The van der Waals surface area contributed by atoms with Gasteiger partial charge in [-0.1, -0.05) is 30.3 Å². The fraction of sp³-hybridized carbons (Fsp3) is 0.238. The molecule has 2 rings (SSSR count). The number of amides is 1. The van der Waals surface area contributed by atoms with E-state index < -0.39 is 5.91 Å². The molecule has 2 aromatic carbocycles. The van der Waals surface area contributed by atoms with Crippen molar-refractivity contribution in [2.75, 3.05) is 20.3 Å². The highest BCUT2D eigenvalue weighted by Gasteiger charge is 2.13. The van der Waals surface area contributed by atoms with E-state index in [4.69, 9.17) is 9.47 Å². The molecule has 0 radical (unpaired) electrons. The Morgan fingerprint density at radius 3 is 2.67 bits per heavy atom. The Bertz CT molecular complexity index is 858. The Labute approximate surface area is 167 Å². The lowest BCUT2D eigenvalue weighted by Gasteiger charge is -2.12. The van der Waals surface area contributed by atoms with Crippen LogP contribution in [0, 0.1) is 11.3 Å². The molecular formula is C21H21BrN2O3. The molecule has 0 bridgehead atoms. The van der Waals surface area contributed by atoms with Gasteiger partial charge >= 0.3 is 0 Å². The van der Waals surface area contributed by atoms with Crippen LogP contribution in [0.3, 0.4) is 0 Å². The van der Waals surface area contributed by atoms with Gasteiger partial charge in [0.05, 0.1) is 18.2 Å². The molecular weight excluding hydrogens is 408 g/mol. The van der Waals surface area contributed by atoms with Crippen molar-refractivity contribution in [1.82, 2.24) is 5.32 Å². The SMILES string of the molecule is CCOc1cc(/C=C(\C#N)C(=O)NCCc2ccccc2)cc(Br)c1OC. The minimum atomic E-state index is -0.404. The van der Waals surface area contributed by atoms with Crippen LogP contribution in [-0.4, -0.2) is 26.2 Å². The van der Waals surface area contributed by atoms with Crippen LogP contribution in [0.5, 0.6) is 11.5 Å². The molecule has 0 unspecified atom stereocenters. The standard InChI is InChI=1S/C21H21BrN2O3/c1-3-27-19-13-16(12-18(22)20(19)26-2)11-17(14-23)21(25)24-10-9-15-7-5-4-6-8-15/h4-8,11-13H,3,9-10H2,1-2H3,(H,24,25)/b17-11+. The molecule has 1 amide bonds. The van der Waals surface area contributed by atoms with Crippen molar-refractivity contribution < 1.29 is 14.3 Å². The van der Waals surface area contributed by atoms with E-state index in [1.54, 1.807) is 19.2 Å². The van der Waals surface area contributed by atoms with Crippen molar-refractivity contribution in [3.63, 3.8) is 0 Å². The number of nitrogens with zero attached hydrogens (tertiary/aromatic N) is 1. The fourth-order valence-corrected chi connectivity index (χ4v) is 3.13. The number of hydrogen-bond donors (Lipinski definition) is 1. The van der Waals surface area contributed by atoms with Crippen LogP contribution in [0.2, 0.25) is 0 Å². The van der Waals surface area contributed by atoms with Crippen molar-refractivity contribution >= 4 is 27.9 Å². The third-order valence-corrected chi connectivity index (χ3v) is 4.34. The van der Waals surface area contributed by atoms with Crippen molar-refractivity contribution in [2.24, 2.45) is 0 Å². The summed E-state index contributed by atoms with van der Waals surface area (Å²) in [6.45, 7) is 2.80. The van der Waals surface area contributed by atoms with E-state index in [1.165, 1.54) is 6.08 Å². The largest absolute Gasteiger partial charge is 0.492 e. The number of nitrogens with one attached hydrogen (secondary N) is 1. The molecule has 2 aromatic rings. The first kappa shape index (κ1) is 20.5. The van der Waals surface area contributed by atoms with E-state index in [0.717, 1.165) is 5.56 Å². The van der Waals surface area contributed by atoms with E-state index in [-0.39, 0.29) is 5.57 Å². The molecule has 0 aliphatic heterocycles. The summed E-state index contributed by atoms with van der Waals surface area (Å²) in [5.74, 6) is 0.709. The van der Waals surface area contributed by atoms with Crippen molar-refractivity contribution in [2.45, 2.75) is 13.3 Å². The molecule has 0 saturated heterocycles. The van der Waals surface area contributed by atoms with Crippen LogP contribution >= 0.6 is 15.9 Å². The summed E-state index contributed by atoms with van der Waals surface area (Å²) in [5.41, 5.74) is 1.82. The maximum atomic E-state index is 12.3. The smallest absolute Gasteiger partial charge is 0.261 e. The topological polar surface area (TPSA) is 71.3 Å². The lowest BCUT2D eigenvalue weighted by Crippen LogP contribution is -2.26. The van der Waals surface area contributed by atoms with Gasteiger partial charge in [0.2, 0.25) is 0 Å². The third kappa shape index (κ3) is 5.87. The number of nitriles is 1.